The van der Waals surface area contributed by atoms with Crippen LogP contribution < -0.4 is 4.74 Å². The highest BCUT2D eigenvalue weighted by atomic mass is 19.4. The normalized spacial score (nSPS) is 12.9. The molecule has 56 heavy (non-hydrogen) atoms. The van der Waals surface area contributed by atoms with Crippen LogP contribution in [0.4, 0.5) is 13.2 Å². The number of esters is 2. The molecule has 2 atom stereocenters. The van der Waals surface area contributed by atoms with Crippen molar-refractivity contribution in [3.8, 4) is 40.2 Å². The second-order valence-electron chi connectivity index (χ2n) is 15.2. The number of benzene rings is 2. The van der Waals surface area contributed by atoms with Crippen LogP contribution in [0, 0.1) is 11.8 Å². The zero-order valence-electron chi connectivity index (χ0n) is 32.5. The number of phenols is 1. The largest absolute Gasteiger partial charge is 0.508 e. The van der Waals surface area contributed by atoms with Crippen LogP contribution in [0.1, 0.15) is 73.8 Å². The quantitative estimate of drug-likeness (QED) is 0.124. The second kappa shape index (κ2) is 18.1. The van der Waals surface area contributed by atoms with Crippen LogP contribution >= 0.6 is 0 Å². The molecule has 0 aliphatic rings. The highest BCUT2D eigenvalue weighted by molar-refractivity contribution is 5.70. The Kier molecular flexibility index (Phi) is 13.9. The van der Waals surface area contributed by atoms with Crippen LogP contribution in [0.5, 0.6) is 17.4 Å². The molecule has 1 N–H and O–H groups in total. The van der Waals surface area contributed by atoms with Crippen LogP contribution in [-0.4, -0.2) is 73.6 Å². The summed E-state index contributed by atoms with van der Waals surface area (Å²) in [5.41, 5.74) is -0.588. The van der Waals surface area contributed by atoms with Crippen molar-refractivity contribution in [3.05, 3.63) is 72.4 Å². The molecule has 0 aliphatic carbocycles. The van der Waals surface area contributed by atoms with Crippen LogP contribution in [-0.2, 0) is 38.3 Å². The monoisotopic (exact) mass is 781 g/mol. The van der Waals surface area contributed by atoms with Gasteiger partial charge in [-0.1, -0.05) is 38.1 Å². The van der Waals surface area contributed by atoms with E-state index in [-0.39, 0.29) is 41.8 Å². The third-order valence-electron chi connectivity index (χ3n) is 7.21. The summed E-state index contributed by atoms with van der Waals surface area (Å²) in [6, 6.07) is 15.4. The molecule has 2 aromatic carbocycles. The van der Waals surface area contributed by atoms with Gasteiger partial charge in [0, 0.05) is 36.2 Å². The van der Waals surface area contributed by atoms with Crippen LogP contribution in [0.15, 0.2) is 66.9 Å². The molecule has 5 rings (SSSR count). The van der Waals surface area contributed by atoms with E-state index >= 15 is 0 Å². The van der Waals surface area contributed by atoms with Crippen molar-refractivity contribution in [2.45, 2.75) is 98.7 Å². The highest BCUT2D eigenvalue weighted by Crippen LogP contribution is 2.31. The lowest BCUT2D eigenvalue weighted by atomic mass is 10.1. The van der Waals surface area contributed by atoms with Gasteiger partial charge in [-0.15, -0.1) is 20.4 Å². The zero-order valence-corrected chi connectivity index (χ0v) is 32.5. The molecule has 15 nitrogen and oxygen atoms in total. The molecular weight excluding hydrogens is 735 g/mol. The number of aromatic hydroxyl groups is 1. The molecule has 0 saturated heterocycles. The molecule has 0 aliphatic heterocycles. The maximum absolute atomic E-state index is 12.7. The number of aromatic nitrogens is 9. The molecule has 3 heterocycles. The summed E-state index contributed by atoms with van der Waals surface area (Å²) in [5.74, 6) is 0.726. The van der Waals surface area contributed by atoms with E-state index in [4.69, 9.17) is 14.2 Å². The van der Waals surface area contributed by atoms with Crippen LogP contribution in [0.2, 0.25) is 0 Å². The molecule has 3 aromatic heterocycles. The van der Waals surface area contributed by atoms with Crippen molar-refractivity contribution in [1.29, 1.82) is 0 Å². The number of tetrazole rings is 2. The third kappa shape index (κ3) is 14.4. The van der Waals surface area contributed by atoms with Gasteiger partial charge in [0.15, 0.2) is 0 Å². The third-order valence-corrected chi connectivity index (χ3v) is 7.21. The van der Waals surface area contributed by atoms with Crippen molar-refractivity contribution >= 4 is 11.9 Å². The van der Waals surface area contributed by atoms with Crippen molar-refractivity contribution in [3.63, 3.8) is 0 Å². The number of rotatable bonds is 12. The van der Waals surface area contributed by atoms with Gasteiger partial charge < -0.3 is 19.3 Å². The topological polar surface area (TPSA) is 182 Å². The lowest BCUT2D eigenvalue weighted by Crippen LogP contribution is -2.25. The molecule has 0 radical (unpaired) electrons. The first-order valence-electron chi connectivity index (χ1n) is 17.7. The summed E-state index contributed by atoms with van der Waals surface area (Å²) in [7, 11) is 0. The SMILES string of the molecule is C[C@H](CC(=O)OC(C)(C)C)Cn1nnc(-c2cccc(O)c2)n1.C[C@H](CC(=O)OC(C)(C)C)Cn1nnc(-c2cccc(Oc3ccc(C(F)(F)F)cn3)c2)n1. The predicted molar refractivity (Wildman–Crippen MR) is 197 cm³/mol. The van der Waals surface area contributed by atoms with Gasteiger partial charge in [0.25, 0.3) is 0 Å². The summed E-state index contributed by atoms with van der Waals surface area (Å²) in [6.07, 6.45) is -3.24. The fraction of sp³-hybridized carbons (Fsp3) is 0.447. The number of hydrogen-bond donors (Lipinski definition) is 1. The number of phenolic OH excluding ortho intramolecular Hbond substituents is 1. The number of halogens is 3. The Balaban J connectivity index is 0.000000265. The minimum Gasteiger partial charge on any atom is -0.508 e. The van der Waals surface area contributed by atoms with E-state index in [1.165, 1.54) is 9.59 Å². The Morgan fingerprint density at radius 1 is 0.732 bits per heavy atom. The van der Waals surface area contributed by atoms with E-state index in [1.54, 1.807) is 48.5 Å². The summed E-state index contributed by atoms with van der Waals surface area (Å²) >= 11 is 0. The number of alkyl halides is 3. The Hall–Kier alpha value is -5.94. The van der Waals surface area contributed by atoms with Gasteiger partial charge in [-0.05, 0) is 94.1 Å². The summed E-state index contributed by atoms with van der Waals surface area (Å²) in [4.78, 5) is 30.3. The van der Waals surface area contributed by atoms with Gasteiger partial charge in [0.2, 0.25) is 17.5 Å². The van der Waals surface area contributed by atoms with Gasteiger partial charge in [-0.2, -0.15) is 22.8 Å². The van der Waals surface area contributed by atoms with E-state index in [0.29, 0.717) is 54.2 Å². The van der Waals surface area contributed by atoms with Gasteiger partial charge in [-0.25, -0.2) is 4.98 Å². The Bertz CT molecular complexity index is 2050. The van der Waals surface area contributed by atoms with Crippen LogP contribution in [0.3, 0.4) is 0 Å². The number of ether oxygens (including phenoxy) is 3. The minimum absolute atomic E-state index is 0.0210. The average Bonchev–Trinajstić information content (AvgIpc) is 3.73. The molecule has 0 spiro atoms. The van der Waals surface area contributed by atoms with Gasteiger partial charge >= 0.3 is 18.1 Å². The van der Waals surface area contributed by atoms with Crippen molar-refractivity contribution in [2.24, 2.45) is 11.8 Å². The number of carbonyl (C=O) groups excluding carboxylic acids is 2. The first kappa shape index (κ1) is 42.8. The highest BCUT2D eigenvalue weighted by Gasteiger charge is 2.31. The molecule has 0 bridgehead atoms. The van der Waals surface area contributed by atoms with Gasteiger partial charge in [-0.3, -0.25) is 9.59 Å². The first-order valence-corrected chi connectivity index (χ1v) is 17.7. The fourth-order valence-corrected chi connectivity index (χ4v) is 4.97. The van der Waals surface area contributed by atoms with Gasteiger partial charge in [0.1, 0.15) is 22.7 Å². The van der Waals surface area contributed by atoms with E-state index in [9.17, 15) is 27.9 Å². The molecule has 0 amide bonds. The first-order chi connectivity index (χ1) is 26.1. The lowest BCUT2D eigenvalue weighted by Gasteiger charge is -2.20. The Morgan fingerprint density at radius 3 is 1.68 bits per heavy atom. The standard InChI is InChI=1S/C22H24F3N5O3.C16H22N4O3/c1-14(10-19(31)33-21(2,3)4)13-30-28-20(27-29-30)15-6-5-7-17(11-15)32-18-9-8-16(12-26-18)22(23,24)25;1-11(8-14(22)23-16(2,3)4)10-20-18-15(17-19-20)12-6-5-7-13(21)9-12/h5-9,11-12,14H,10,13H2,1-4H3;5-7,9,11,21H,8,10H2,1-4H3/t14-;11-/m11/s1. The molecule has 18 heteroatoms. The van der Waals surface area contributed by atoms with Crippen molar-refractivity contribution in [2.75, 3.05) is 0 Å². The van der Waals surface area contributed by atoms with E-state index in [2.05, 4.69) is 35.8 Å². The number of pyridine rings is 1. The Morgan fingerprint density at radius 2 is 1.23 bits per heavy atom. The van der Waals surface area contributed by atoms with E-state index in [0.717, 1.165) is 12.1 Å². The number of carbonyl (C=O) groups is 2. The maximum Gasteiger partial charge on any atom is 0.417 e. The fourth-order valence-electron chi connectivity index (χ4n) is 4.97. The lowest BCUT2D eigenvalue weighted by molar-refractivity contribution is -0.157. The zero-order chi connectivity index (χ0) is 41.3. The van der Waals surface area contributed by atoms with Gasteiger partial charge in [0.05, 0.1) is 18.7 Å². The number of nitrogens with zero attached hydrogens (tertiary/aromatic N) is 9. The molecule has 0 fully saturated rings. The molecule has 0 saturated carbocycles. The summed E-state index contributed by atoms with van der Waals surface area (Å²) in [5, 5.41) is 34.1. The number of hydrogen-bond acceptors (Lipinski definition) is 13. The van der Waals surface area contributed by atoms with Crippen molar-refractivity contribution < 1.29 is 42.1 Å². The molecule has 300 valence electrons. The van der Waals surface area contributed by atoms with E-state index < -0.39 is 22.9 Å². The smallest absolute Gasteiger partial charge is 0.417 e. The summed E-state index contributed by atoms with van der Waals surface area (Å²) in [6.45, 7) is 15.6. The maximum atomic E-state index is 12.7. The predicted octanol–water partition coefficient (Wildman–Crippen LogP) is 7.33. The Labute approximate surface area is 322 Å². The molecule has 0 unspecified atom stereocenters. The summed E-state index contributed by atoms with van der Waals surface area (Å²) < 4.78 is 54.2. The second-order valence-corrected chi connectivity index (χ2v) is 15.2. The van der Waals surface area contributed by atoms with Crippen LogP contribution in [0.25, 0.3) is 22.8 Å². The average molecular weight is 782 g/mol. The molecular formula is C38H46F3N9O6. The molecule has 5 aromatic rings. The van der Waals surface area contributed by atoms with Crippen molar-refractivity contribution in [1.82, 2.24) is 45.4 Å². The minimum atomic E-state index is -4.46. The van der Waals surface area contributed by atoms with E-state index in [1.807, 2.05) is 55.4 Å².